The van der Waals surface area contributed by atoms with Gasteiger partial charge in [-0.1, -0.05) is 6.92 Å². The number of rotatable bonds is 5. The van der Waals surface area contributed by atoms with E-state index in [2.05, 4.69) is 20.0 Å². The maximum absolute atomic E-state index is 12.6. The summed E-state index contributed by atoms with van der Waals surface area (Å²) in [6, 6.07) is 3.69. The summed E-state index contributed by atoms with van der Waals surface area (Å²) >= 11 is 0. The summed E-state index contributed by atoms with van der Waals surface area (Å²) in [6.45, 7) is 7.64. The summed E-state index contributed by atoms with van der Waals surface area (Å²) in [6.07, 6.45) is 2.87. The molecular weight excluding hydrogens is 306 g/mol. The van der Waals surface area contributed by atoms with Crippen LogP contribution < -0.4 is 4.90 Å². The molecule has 1 aromatic heterocycles. The summed E-state index contributed by atoms with van der Waals surface area (Å²) in [5.74, 6) is 0.814. The van der Waals surface area contributed by atoms with E-state index in [1.165, 1.54) is 12.8 Å². The molecule has 1 aromatic rings. The number of hydrogen-bond acceptors (Lipinski definition) is 6. The summed E-state index contributed by atoms with van der Waals surface area (Å²) < 4.78 is 0. The number of aromatic nitrogens is 2. The van der Waals surface area contributed by atoms with Crippen molar-refractivity contribution in [2.24, 2.45) is 0 Å². The van der Waals surface area contributed by atoms with Crippen LogP contribution in [0.25, 0.3) is 0 Å². The Morgan fingerprint density at radius 2 is 1.83 bits per heavy atom. The van der Waals surface area contributed by atoms with E-state index < -0.39 is 0 Å². The number of piperazine rings is 1. The minimum atomic E-state index is -0.281. The molecule has 1 atom stereocenters. The van der Waals surface area contributed by atoms with Gasteiger partial charge in [-0.05, 0) is 31.4 Å². The van der Waals surface area contributed by atoms with Crippen molar-refractivity contribution in [3.63, 3.8) is 0 Å². The first-order chi connectivity index (χ1) is 11.7. The second-order valence-electron chi connectivity index (χ2n) is 6.63. The smallest absolute Gasteiger partial charge is 0.274 e. The molecule has 2 aliphatic heterocycles. The van der Waals surface area contributed by atoms with Gasteiger partial charge in [0.1, 0.15) is 0 Å². The molecule has 1 unspecified atom stereocenters. The first-order valence-electron chi connectivity index (χ1n) is 8.95. The molecule has 0 aliphatic carbocycles. The molecule has 0 saturated carbocycles. The number of carbonyl (C=O) groups excluding carboxylic acids is 1. The van der Waals surface area contributed by atoms with Crippen LogP contribution in [0.5, 0.6) is 0 Å². The third kappa shape index (κ3) is 4.02. The molecule has 0 radical (unpaired) electrons. The van der Waals surface area contributed by atoms with Gasteiger partial charge < -0.3 is 14.9 Å². The predicted octanol–water partition coefficient (Wildman–Crippen LogP) is 0.605. The van der Waals surface area contributed by atoms with E-state index in [0.717, 1.165) is 38.4 Å². The second kappa shape index (κ2) is 7.90. The normalized spacial score (nSPS) is 20.4. The molecule has 132 valence electrons. The Kier molecular flexibility index (Phi) is 5.63. The summed E-state index contributed by atoms with van der Waals surface area (Å²) in [5, 5.41) is 18.1. The zero-order valence-electron chi connectivity index (χ0n) is 14.4. The molecular formula is C17H27N5O2. The largest absolute Gasteiger partial charge is 0.392 e. The molecule has 0 aromatic carbocycles. The number of aliphatic hydroxyl groups is 1. The molecule has 3 rings (SSSR count). The summed E-state index contributed by atoms with van der Waals surface area (Å²) in [7, 11) is 0. The Bertz CT molecular complexity index is 536. The molecule has 0 spiro atoms. The number of hydrogen-bond donors (Lipinski definition) is 1. The van der Waals surface area contributed by atoms with Crippen LogP contribution in [0.15, 0.2) is 12.1 Å². The lowest BCUT2D eigenvalue weighted by Gasteiger charge is -2.35. The molecule has 3 heterocycles. The Balaban J connectivity index is 1.53. The van der Waals surface area contributed by atoms with Gasteiger partial charge in [0.2, 0.25) is 0 Å². The van der Waals surface area contributed by atoms with Crippen molar-refractivity contribution in [3.05, 3.63) is 17.8 Å². The second-order valence-corrected chi connectivity index (χ2v) is 6.63. The van der Waals surface area contributed by atoms with Crippen LogP contribution in [-0.2, 0) is 0 Å². The van der Waals surface area contributed by atoms with Gasteiger partial charge in [0, 0.05) is 45.8 Å². The van der Waals surface area contributed by atoms with Crippen molar-refractivity contribution in [2.45, 2.75) is 32.3 Å². The molecule has 1 amide bonds. The van der Waals surface area contributed by atoms with Gasteiger partial charge in [-0.3, -0.25) is 9.69 Å². The minimum absolute atomic E-state index is 0.0499. The number of carbonyl (C=O) groups is 1. The van der Waals surface area contributed by atoms with Crippen LogP contribution in [0, 0.1) is 0 Å². The van der Waals surface area contributed by atoms with Crippen molar-refractivity contribution in [2.75, 3.05) is 50.7 Å². The minimum Gasteiger partial charge on any atom is -0.392 e. The number of amides is 1. The third-order valence-electron chi connectivity index (χ3n) is 4.90. The molecule has 1 N–H and O–H groups in total. The van der Waals surface area contributed by atoms with Crippen molar-refractivity contribution < 1.29 is 9.90 Å². The number of nitrogens with zero attached hydrogens (tertiary/aromatic N) is 5. The highest BCUT2D eigenvalue weighted by molar-refractivity contribution is 5.92. The standard InChI is InChI=1S/C17H27N5O2/c1-2-14(23)13-20-9-11-22(12-10-20)17(24)15-5-6-16(19-18-15)21-7-3-4-8-21/h5-6,14,23H,2-4,7-13H2,1H3. The Hall–Kier alpha value is -1.73. The lowest BCUT2D eigenvalue weighted by molar-refractivity contribution is 0.0518. The maximum Gasteiger partial charge on any atom is 0.274 e. The Morgan fingerprint density at radius 1 is 1.12 bits per heavy atom. The van der Waals surface area contributed by atoms with Crippen LogP contribution in [0.4, 0.5) is 5.82 Å². The van der Waals surface area contributed by atoms with Gasteiger partial charge in [0.05, 0.1) is 6.10 Å². The van der Waals surface area contributed by atoms with Crippen LogP contribution in [0.2, 0.25) is 0 Å². The average Bonchev–Trinajstić information content (AvgIpc) is 3.16. The maximum atomic E-state index is 12.6. The monoisotopic (exact) mass is 333 g/mol. The molecule has 2 saturated heterocycles. The highest BCUT2D eigenvalue weighted by Crippen LogP contribution is 2.17. The summed E-state index contributed by atoms with van der Waals surface area (Å²) in [5.41, 5.74) is 0.417. The molecule has 2 fully saturated rings. The first-order valence-corrected chi connectivity index (χ1v) is 8.95. The lowest BCUT2D eigenvalue weighted by Crippen LogP contribution is -2.50. The first kappa shape index (κ1) is 17.1. The van der Waals surface area contributed by atoms with Gasteiger partial charge in [0.15, 0.2) is 11.5 Å². The topological polar surface area (TPSA) is 72.8 Å². The van der Waals surface area contributed by atoms with E-state index in [1.807, 2.05) is 17.9 Å². The molecule has 0 bridgehead atoms. The van der Waals surface area contributed by atoms with Gasteiger partial charge in [-0.25, -0.2) is 0 Å². The van der Waals surface area contributed by atoms with Crippen molar-refractivity contribution >= 4 is 11.7 Å². The van der Waals surface area contributed by atoms with Gasteiger partial charge in [-0.15, -0.1) is 10.2 Å². The van der Waals surface area contributed by atoms with Crippen LogP contribution in [0.3, 0.4) is 0 Å². The fraction of sp³-hybridized carbons (Fsp3) is 0.706. The number of β-amino-alcohol motifs (C(OH)–C–C–N with tert-alkyl or cyclic N) is 1. The van der Waals surface area contributed by atoms with E-state index in [9.17, 15) is 9.90 Å². The molecule has 7 heteroatoms. The zero-order chi connectivity index (χ0) is 16.9. The fourth-order valence-corrected chi connectivity index (χ4v) is 3.28. The Morgan fingerprint density at radius 3 is 2.42 bits per heavy atom. The van der Waals surface area contributed by atoms with Crippen molar-refractivity contribution in [1.82, 2.24) is 20.0 Å². The van der Waals surface area contributed by atoms with Crippen molar-refractivity contribution in [3.8, 4) is 0 Å². The van der Waals surface area contributed by atoms with E-state index in [0.29, 0.717) is 25.3 Å². The van der Waals surface area contributed by atoms with Crippen LogP contribution >= 0.6 is 0 Å². The zero-order valence-corrected chi connectivity index (χ0v) is 14.4. The van der Waals surface area contributed by atoms with E-state index in [4.69, 9.17) is 0 Å². The average molecular weight is 333 g/mol. The fourth-order valence-electron chi connectivity index (χ4n) is 3.28. The predicted molar refractivity (Wildman–Crippen MR) is 92.1 cm³/mol. The molecule has 7 nitrogen and oxygen atoms in total. The highest BCUT2D eigenvalue weighted by Gasteiger charge is 2.24. The lowest BCUT2D eigenvalue weighted by atomic mass is 10.2. The molecule has 2 aliphatic rings. The van der Waals surface area contributed by atoms with Gasteiger partial charge in [-0.2, -0.15) is 0 Å². The number of anilines is 1. The van der Waals surface area contributed by atoms with Gasteiger partial charge in [0.25, 0.3) is 5.91 Å². The summed E-state index contributed by atoms with van der Waals surface area (Å²) in [4.78, 5) is 18.8. The SMILES string of the molecule is CCC(O)CN1CCN(C(=O)c2ccc(N3CCCC3)nn2)CC1. The quantitative estimate of drug-likeness (QED) is 0.851. The Labute approximate surface area is 143 Å². The van der Waals surface area contributed by atoms with E-state index in [1.54, 1.807) is 6.07 Å². The third-order valence-corrected chi connectivity index (χ3v) is 4.90. The van der Waals surface area contributed by atoms with E-state index in [-0.39, 0.29) is 12.0 Å². The van der Waals surface area contributed by atoms with Crippen molar-refractivity contribution in [1.29, 1.82) is 0 Å². The van der Waals surface area contributed by atoms with Crippen LogP contribution in [-0.4, -0.2) is 82.9 Å². The van der Waals surface area contributed by atoms with E-state index >= 15 is 0 Å². The van der Waals surface area contributed by atoms with Gasteiger partial charge >= 0.3 is 0 Å². The number of aliphatic hydroxyl groups excluding tert-OH is 1. The highest BCUT2D eigenvalue weighted by atomic mass is 16.3. The van der Waals surface area contributed by atoms with Crippen LogP contribution in [0.1, 0.15) is 36.7 Å². The molecule has 24 heavy (non-hydrogen) atoms.